The lowest BCUT2D eigenvalue weighted by molar-refractivity contribution is -0.123. The molecule has 0 saturated carbocycles. The fourth-order valence-corrected chi connectivity index (χ4v) is 2.15. The number of nitrogens with zero attached hydrogens (tertiary/aromatic N) is 1. The number of carbonyl (C=O) groups excluding carboxylic acids is 1. The normalized spacial score (nSPS) is 12.9. The van der Waals surface area contributed by atoms with E-state index in [2.05, 4.69) is 10.3 Å². The summed E-state index contributed by atoms with van der Waals surface area (Å²) in [6, 6.07) is 7.03. The highest BCUT2D eigenvalue weighted by molar-refractivity contribution is 6.35. The third-order valence-electron chi connectivity index (χ3n) is 3.53. The van der Waals surface area contributed by atoms with Gasteiger partial charge in [0.15, 0.2) is 6.61 Å². The number of aromatic nitrogens is 1. The number of rotatable bonds is 5. The molecule has 1 amide bonds. The maximum absolute atomic E-state index is 11.9. The highest BCUT2D eigenvalue weighted by Gasteiger charge is 2.22. The first-order valence-electron chi connectivity index (χ1n) is 7.40. The standard InChI is InChI=1S/C17H21ClN2O3/c1-17(2,3)14(21)9-20-15(22)10-23-13-7-6-12(18)11-5-4-8-19-16(11)13/h4-8,14,21H,9-10H2,1-3H3,(H,20,22). The van der Waals surface area contributed by atoms with Gasteiger partial charge in [0.05, 0.1) is 11.1 Å². The molecule has 0 fully saturated rings. The zero-order valence-corrected chi connectivity index (χ0v) is 14.2. The van der Waals surface area contributed by atoms with E-state index < -0.39 is 6.10 Å². The molecule has 124 valence electrons. The molecule has 1 atom stereocenters. The smallest absolute Gasteiger partial charge is 0.258 e. The van der Waals surface area contributed by atoms with Gasteiger partial charge in [-0.2, -0.15) is 0 Å². The van der Waals surface area contributed by atoms with Crippen molar-refractivity contribution in [1.29, 1.82) is 0 Å². The highest BCUT2D eigenvalue weighted by Crippen LogP contribution is 2.29. The predicted octanol–water partition coefficient (Wildman–Crippen LogP) is 2.79. The molecule has 1 unspecified atom stereocenters. The fraction of sp³-hybridized carbons (Fsp3) is 0.412. The molecule has 0 aliphatic carbocycles. The van der Waals surface area contributed by atoms with Crippen LogP contribution in [0, 0.1) is 5.41 Å². The molecule has 6 heteroatoms. The Hall–Kier alpha value is -1.85. The van der Waals surface area contributed by atoms with Crippen molar-refractivity contribution in [2.75, 3.05) is 13.2 Å². The Morgan fingerprint density at radius 2 is 2.13 bits per heavy atom. The molecule has 0 aliphatic heterocycles. The molecule has 1 aromatic carbocycles. The number of amides is 1. The number of ether oxygens (including phenoxy) is 1. The number of pyridine rings is 1. The summed E-state index contributed by atoms with van der Waals surface area (Å²) in [5.41, 5.74) is 0.326. The van der Waals surface area contributed by atoms with Gasteiger partial charge in [0, 0.05) is 18.1 Å². The van der Waals surface area contributed by atoms with Crippen LogP contribution in [0.25, 0.3) is 10.9 Å². The van der Waals surface area contributed by atoms with E-state index in [1.807, 2.05) is 26.8 Å². The SMILES string of the molecule is CC(C)(C)C(O)CNC(=O)COc1ccc(Cl)c2cccnc12. The van der Waals surface area contributed by atoms with Crippen molar-refractivity contribution in [3.05, 3.63) is 35.5 Å². The van der Waals surface area contributed by atoms with Gasteiger partial charge >= 0.3 is 0 Å². The van der Waals surface area contributed by atoms with Crippen LogP contribution in [0.5, 0.6) is 5.75 Å². The van der Waals surface area contributed by atoms with Gasteiger partial charge in [-0.1, -0.05) is 32.4 Å². The molecule has 1 aromatic heterocycles. The second kappa shape index (κ2) is 7.15. The second-order valence-corrected chi connectivity index (χ2v) is 6.83. The van der Waals surface area contributed by atoms with E-state index in [0.717, 1.165) is 5.39 Å². The summed E-state index contributed by atoms with van der Waals surface area (Å²) in [4.78, 5) is 16.1. The molecule has 0 saturated heterocycles. The lowest BCUT2D eigenvalue weighted by Gasteiger charge is -2.25. The Kier molecular flexibility index (Phi) is 5.44. The van der Waals surface area contributed by atoms with Crippen molar-refractivity contribution in [2.24, 2.45) is 5.41 Å². The van der Waals surface area contributed by atoms with Crippen molar-refractivity contribution in [3.63, 3.8) is 0 Å². The number of benzene rings is 1. The van der Waals surface area contributed by atoms with Crippen molar-refractivity contribution in [3.8, 4) is 5.75 Å². The summed E-state index contributed by atoms with van der Waals surface area (Å²) in [7, 11) is 0. The van der Waals surface area contributed by atoms with Gasteiger partial charge in [0.1, 0.15) is 11.3 Å². The quantitative estimate of drug-likeness (QED) is 0.880. The summed E-state index contributed by atoms with van der Waals surface area (Å²) in [6.07, 6.45) is 1.02. The van der Waals surface area contributed by atoms with Crippen LogP contribution in [0.2, 0.25) is 5.02 Å². The Morgan fingerprint density at radius 3 is 2.83 bits per heavy atom. The first-order chi connectivity index (χ1) is 10.8. The zero-order valence-electron chi connectivity index (χ0n) is 13.5. The van der Waals surface area contributed by atoms with Gasteiger partial charge in [0.2, 0.25) is 0 Å². The third-order valence-corrected chi connectivity index (χ3v) is 3.86. The molecular weight excluding hydrogens is 316 g/mol. The minimum absolute atomic E-state index is 0.149. The molecule has 0 aliphatic rings. The van der Waals surface area contributed by atoms with E-state index >= 15 is 0 Å². The average molecular weight is 337 g/mol. The van der Waals surface area contributed by atoms with Gasteiger partial charge in [0.25, 0.3) is 5.91 Å². The number of hydrogen-bond donors (Lipinski definition) is 2. The number of aliphatic hydroxyl groups excluding tert-OH is 1. The topological polar surface area (TPSA) is 71.5 Å². The molecule has 0 radical (unpaired) electrons. The van der Waals surface area contributed by atoms with Crippen LogP contribution in [0.15, 0.2) is 30.5 Å². The van der Waals surface area contributed by atoms with Gasteiger partial charge in [-0.05, 0) is 29.7 Å². The molecule has 1 heterocycles. The summed E-state index contributed by atoms with van der Waals surface area (Å²) in [6.45, 7) is 5.76. The molecule has 23 heavy (non-hydrogen) atoms. The monoisotopic (exact) mass is 336 g/mol. The van der Waals surface area contributed by atoms with Crippen LogP contribution in [0.1, 0.15) is 20.8 Å². The van der Waals surface area contributed by atoms with Crippen LogP contribution < -0.4 is 10.1 Å². The predicted molar refractivity (Wildman–Crippen MR) is 90.7 cm³/mol. The van der Waals surface area contributed by atoms with E-state index in [9.17, 15) is 9.90 Å². The van der Waals surface area contributed by atoms with Crippen LogP contribution in [0.4, 0.5) is 0 Å². The Balaban J connectivity index is 1.96. The largest absolute Gasteiger partial charge is 0.481 e. The second-order valence-electron chi connectivity index (χ2n) is 6.42. The minimum atomic E-state index is -0.621. The number of carbonyl (C=O) groups is 1. The van der Waals surface area contributed by atoms with Crippen molar-refractivity contribution >= 4 is 28.4 Å². The maximum atomic E-state index is 11.9. The zero-order chi connectivity index (χ0) is 17.0. The van der Waals surface area contributed by atoms with Gasteiger partial charge in [-0.25, -0.2) is 0 Å². The molecular formula is C17H21ClN2O3. The molecule has 2 N–H and O–H groups in total. The molecule has 2 aromatic rings. The van der Waals surface area contributed by atoms with Crippen LogP contribution >= 0.6 is 11.6 Å². The van der Waals surface area contributed by atoms with Crippen LogP contribution in [-0.4, -0.2) is 35.3 Å². The van der Waals surface area contributed by atoms with Crippen molar-refractivity contribution in [1.82, 2.24) is 10.3 Å². The number of fused-ring (bicyclic) bond motifs is 1. The summed E-state index contributed by atoms with van der Waals surface area (Å²) in [5, 5.41) is 13.9. The van der Waals surface area contributed by atoms with E-state index in [1.165, 1.54) is 0 Å². The third kappa shape index (κ3) is 4.56. The van der Waals surface area contributed by atoms with Gasteiger partial charge in [-0.15, -0.1) is 0 Å². The first-order valence-corrected chi connectivity index (χ1v) is 7.77. The van der Waals surface area contributed by atoms with Crippen molar-refractivity contribution in [2.45, 2.75) is 26.9 Å². The summed E-state index contributed by atoms with van der Waals surface area (Å²) < 4.78 is 5.54. The Bertz CT molecular complexity index is 698. The Labute approximate surface area is 140 Å². The molecule has 0 spiro atoms. The fourth-order valence-electron chi connectivity index (χ4n) is 1.94. The number of hydrogen-bond acceptors (Lipinski definition) is 4. The summed E-state index contributed by atoms with van der Waals surface area (Å²) in [5.74, 6) is 0.198. The average Bonchev–Trinajstić information content (AvgIpc) is 2.51. The van der Waals surface area contributed by atoms with Crippen LogP contribution in [0.3, 0.4) is 0 Å². The Morgan fingerprint density at radius 1 is 1.39 bits per heavy atom. The van der Waals surface area contributed by atoms with E-state index in [0.29, 0.717) is 16.3 Å². The highest BCUT2D eigenvalue weighted by atomic mass is 35.5. The number of halogens is 1. The maximum Gasteiger partial charge on any atom is 0.258 e. The minimum Gasteiger partial charge on any atom is -0.481 e. The number of aliphatic hydroxyl groups is 1. The lowest BCUT2D eigenvalue weighted by Crippen LogP contribution is -2.40. The number of nitrogens with one attached hydrogen (secondary N) is 1. The van der Waals surface area contributed by atoms with Crippen molar-refractivity contribution < 1.29 is 14.6 Å². The first kappa shape index (κ1) is 17.5. The lowest BCUT2D eigenvalue weighted by atomic mass is 9.89. The molecule has 0 bridgehead atoms. The molecule has 2 rings (SSSR count). The van der Waals surface area contributed by atoms with Gasteiger partial charge < -0.3 is 15.2 Å². The summed E-state index contributed by atoms with van der Waals surface area (Å²) >= 11 is 6.12. The van der Waals surface area contributed by atoms with E-state index in [4.69, 9.17) is 16.3 Å². The van der Waals surface area contributed by atoms with Gasteiger partial charge in [-0.3, -0.25) is 9.78 Å². The van der Waals surface area contributed by atoms with Crippen LogP contribution in [-0.2, 0) is 4.79 Å². The van der Waals surface area contributed by atoms with E-state index in [-0.39, 0.29) is 24.5 Å². The molecule has 5 nitrogen and oxygen atoms in total. The van der Waals surface area contributed by atoms with E-state index in [1.54, 1.807) is 24.4 Å².